The maximum absolute atomic E-state index is 11.5. The second-order valence-corrected chi connectivity index (χ2v) is 3.66. The number of benzene rings is 1. The quantitative estimate of drug-likeness (QED) is 0.676. The van der Waals surface area contributed by atoms with Crippen LogP contribution in [0.3, 0.4) is 0 Å². The Bertz CT molecular complexity index is 558. The van der Waals surface area contributed by atoms with Gasteiger partial charge in [0, 0.05) is 5.39 Å². The predicted octanol–water partition coefficient (Wildman–Crippen LogP) is 0.795. The van der Waals surface area contributed by atoms with Gasteiger partial charge in [-0.3, -0.25) is 9.48 Å². The highest BCUT2D eigenvalue weighted by molar-refractivity contribution is 5.77. The van der Waals surface area contributed by atoms with Gasteiger partial charge < -0.3 is 4.74 Å². The fourth-order valence-corrected chi connectivity index (χ4v) is 1.67. The highest BCUT2D eigenvalue weighted by Crippen LogP contribution is 2.14. The lowest BCUT2D eigenvalue weighted by atomic mass is 10.2. The summed E-state index contributed by atoms with van der Waals surface area (Å²) in [5.74, 6) is 0. The summed E-state index contributed by atoms with van der Waals surface area (Å²) in [6.45, 7) is 1.52. The summed E-state index contributed by atoms with van der Waals surface area (Å²) in [5, 5.41) is 4.83. The molecule has 1 saturated heterocycles. The van der Waals surface area contributed by atoms with E-state index in [0.717, 1.165) is 18.7 Å². The number of fused-ring (bicyclic) bond motifs is 1. The molecule has 1 aliphatic rings. The normalized spacial score (nSPS) is 19.3. The summed E-state index contributed by atoms with van der Waals surface area (Å²) in [6, 6.07) is 7.51. The van der Waals surface area contributed by atoms with E-state index in [2.05, 4.69) is 5.10 Å². The van der Waals surface area contributed by atoms with Crippen LogP contribution < -0.4 is 5.43 Å². The van der Waals surface area contributed by atoms with E-state index in [0.29, 0.717) is 5.39 Å². The van der Waals surface area contributed by atoms with Crippen LogP contribution in [-0.2, 0) is 11.3 Å². The average Bonchev–Trinajstić information content (AvgIpc) is 3.07. The smallest absolute Gasteiger partial charge is 0.207 e. The minimum absolute atomic E-state index is 0.0291. The molecular formula is C11H10N2O2. The van der Waals surface area contributed by atoms with E-state index in [-0.39, 0.29) is 11.5 Å². The molecule has 1 unspecified atom stereocenters. The van der Waals surface area contributed by atoms with Crippen molar-refractivity contribution in [2.75, 3.05) is 6.61 Å². The molecule has 2 heterocycles. The van der Waals surface area contributed by atoms with E-state index >= 15 is 0 Å². The molecule has 1 fully saturated rings. The highest BCUT2D eigenvalue weighted by atomic mass is 16.6. The van der Waals surface area contributed by atoms with Crippen molar-refractivity contribution < 1.29 is 4.74 Å². The van der Waals surface area contributed by atoms with Gasteiger partial charge in [0.2, 0.25) is 5.43 Å². The van der Waals surface area contributed by atoms with Crippen molar-refractivity contribution in [2.45, 2.75) is 12.6 Å². The van der Waals surface area contributed by atoms with Crippen molar-refractivity contribution in [3.8, 4) is 0 Å². The molecule has 1 aromatic heterocycles. The second kappa shape index (κ2) is 3.17. The van der Waals surface area contributed by atoms with Crippen LogP contribution >= 0.6 is 0 Å². The van der Waals surface area contributed by atoms with Gasteiger partial charge in [-0.05, 0) is 12.1 Å². The van der Waals surface area contributed by atoms with Gasteiger partial charge in [0.15, 0.2) is 0 Å². The van der Waals surface area contributed by atoms with E-state index in [9.17, 15) is 4.79 Å². The number of nitrogens with zero attached hydrogens (tertiary/aromatic N) is 2. The number of para-hydroxylation sites is 1. The number of epoxide rings is 1. The summed E-state index contributed by atoms with van der Waals surface area (Å²) in [5.41, 5.74) is 0.846. The summed E-state index contributed by atoms with van der Waals surface area (Å²) in [7, 11) is 0. The maximum Gasteiger partial charge on any atom is 0.207 e. The molecule has 0 saturated carbocycles. The van der Waals surface area contributed by atoms with Crippen LogP contribution in [0.15, 0.2) is 35.3 Å². The van der Waals surface area contributed by atoms with Crippen molar-refractivity contribution >= 4 is 10.9 Å². The molecule has 1 aromatic carbocycles. The minimum Gasteiger partial charge on any atom is -0.371 e. The molecule has 3 rings (SSSR count). The van der Waals surface area contributed by atoms with Crippen LogP contribution in [0.4, 0.5) is 0 Å². The molecule has 4 nitrogen and oxygen atoms in total. The van der Waals surface area contributed by atoms with Gasteiger partial charge in [0.25, 0.3) is 0 Å². The molecule has 0 N–H and O–H groups in total. The van der Waals surface area contributed by atoms with Crippen LogP contribution in [0, 0.1) is 0 Å². The van der Waals surface area contributed by atoms with Crippen molar-refractivity contribution in [2.24, 2.45) is 0 Å². The molecule has 0 amide bonds. The molecule has 0 spiro atoms. The number of hydrogen-bond donors (Lipinski definition) is 0. The molecule has 2 aromatic rings. The first-order chi connectivity index (χ1) is 7.34. The summed E-state index contributed by atoms with van der Waals surface area (Å²) in [6.07, 6.45) is 1.63. The van der Waals surface area contributed by atoms with Gasteiger partial charge in [0.05, 0.1) is 24.9 Å². The van der Waals surface area contributed by atoms with Crippen molar-refractivity contribution in [1.82, 2.24) is 9.78 Å². The highest BCUT2D eigenvalue weighted by Gasteiger charge is 2.23. The van der Waals surface area contributed by atoms with Crippen LogP contribution in [-0.4, -0.2) is 22.5 Å². The summed E-state index contributed by atoms with van der Waals surface area (Å²) < 4.78 is 6.98. The Morgan fingerprint density at radius 3 is 3.07 bits per heavy atom. The van der Waals surface area contributed by atoms with Crippen LogP contribution in [0.2, 0.25) is 0 Å². The van der Waals surface area contributed by atoms with Crippen molar-refractivity contribution in [1.29, 1.82) is 0 Å². The number of rotatable bonds is 2. The standard InChI is InChI=1S/C11H10N2O2/c14-11-5-12-13(6-8-7-15-8)10-4-2-1-3-9(10)11/h1-5,8H,6-7H2. The summed E-state index contributed by atoms with van der Waals surface area (Å²) >= 11 is 0. The maximum atomic E-state index is 11.5. The van der Waals surface area contributed by atoms with Gasteiger partial charge >= 0.3 is 0 Å². The van der Waals surface area contributed by atoms with E-state index < -0.39 is 0 Å². The number of aromatic nitrogens is 2. The lowest BCUT2D eigenvalue weighted by Gasteiger charge is -2.06. The Hall–Kier alpha value is -1.68. The Morgan fingerprint density at radius 1 is 1.47 bits per heavy atom. The summed E-state index contributed by atoms with van der Waals surface area (Å²) in [4.78, 5) is 11.5. The lowest BCUT2D eigenvalue weighted by Crippen LogP contribution is -2.14. The molecule has 0 radical (unpaired) electrons. The topological polar surface area (TPSA) is 47.4 Å². The van der Waals surface area contributed by atoms with Gasteiger partial charge in [0.1, 0.15) is 6.10 Å². The van der Waals surface area contributed by atoms with E-state index in [1.54, 1.807) is 0 Å². The molecule has 1 atom stereocenters. The van der Waals surface area contributed by atoms with Crippen LogP contribution in [0.25, 0.3) is 10.9 Å². The molecule has 4 heteroatoms. The van der Waals surface area contributed by atoms with E-state index in [4.69, 9.17) is 4.74 Å². The number of ether oxygens (including phenoxy) is 1. The Morgan fingerprint density at radius 2 is 2.27 bits per heavy atom. The van der Waals surface area contributed by atoms with Gasteiger partial charge in [-0.15, -0.1) is 0 Å². The Balaban J connectivity index is 2.20. The van der Waals surface area contributed by atoms with Gasteiger partial charge in [-0.1, -0.05) is 12.1 Å². The molecule has 15 heavy (non-hydrogen) atoms. The zero-order valence-corrected chi connectivity index (χ0v) is 8.09. The monoisotopic (exact) mass is 202 g/mol. The third kappa shape index (κ3) is 1.53. The zero-order valence-electron chi connectivity index (χ0n) is 8.09. The Labute approximate surface area is 86.1 Å². The third-order valence-electron chi connectivity index (χ3n) is 2.54. The molecule has 0 bridgehead atoms. The minimum atomic E-state index is -0.0291. The van der Waals surface area contributed by atoms with Crippen LogP contribution in [0.1, 0.15) is 0 Å². The SMILES string of the molecule is O=c1cnn(CC2CO2)c2ccccc12. The van der Waals surface area contributed by atoms with E-state index in [1.807, 2.05) is 28.9 Å². The van der Waals surface area contributed by atoms with E-state index in [1.165, 1.54) is 6.20 Å². The van der Waals surface area contributed by atoms with Gasteiger partial charge in [-0.25, -0.2) is 0 Å². The molecule has 1 aliphatic heterocycles. The second-order valence-electron chi connectivity index (χ2n) is 3.66. The fraction of sp³-hybridized carbons (Fsp3) is 0.273. The fourth-order valence-electron chi connectivity index (χ4n) is 1.67. The largest absolute Gasteiger partial charge is 0.371 e. The average molecular weight is 202 g/mol. The first-order valence-corrected chi connectivity index (χ1v) is 4.91. The van der Waals surface area contributed by atoms with Crippen molar-refractivity contribution in [3.63, 3.8) is 0 Å². The van der Waals surface area contributed by atoms with Crippen molar-refractivity contribution in [3.05, 3.63) is 40.7 Å². The first kappa shape index (κ1) is 8.61. The first-order valence-electron chi connectivity index (χ1n) is 4.91. The number of hydrogen-bond acceptors (Lipinski definition) is 3. The molecular weight excluding hydrogens is 192 g/mol. The lowest BCUT2D eigenvalue weighted by molar-refractivity contribution is 0.375. The zero-order chi connectivity index (χ0) is 10.3. The predicted molar refractivity (Wildman–Crippen MR) is 55.7 cm³/mol. The Kier molecular flexibility index (Phi) is 1.82. The molecule has 0 aliphatic carbocycles. The molecule has 76 valence electrons. The third-order valence-corrected chi connectivity index (χ3v) is 2.54. The van der Waals surface area contributed by atoms with Crippen LogP contribution in [0.5, 0.6) is 0 Å². The van der Waals surface area contributed by atoms with Gasteiger partial charge in [-0.2, -0.15) is 5.10 Å².